The molecular formula is C12H19N3O2S. The summed E-state index contributed by atoms with van der Waals surface area (Å²) in [5, 5.41) is 3.45. The number of aromatic nitrogens is 1. The number of rotatable bonds is 6. The van der Waals surface area contributed by atoms with Crippen LogP contribution in [0.25, 0.3) is 0 Å². The molecule has 1 heterocycles. The molecular weight excluding hydrogens is 250 g/mol. The molecule has 100 valence electrons. The van der Waals surface area contributed by atoms with E-state index < -0.39 is 10.0 Å². The summed E-state index contributed by atoms with van der Waals surface area (Å²) in [5.41, 5.74) is 1.97. The second kappa shape index (κ2) is 4.95. The van der Waals surface area contributed by atoms with Crippen LogP contribution in [0.15, 0.2) is 18.3 Å². The van der Waals surface area contributed by atoms with Crippen LogP contribution in [-0.4, -0.2) is 26.2 Å². The Balaban J connectivity index is 2.11. The lowest BCUT2D eigenvalue weighted by atomic mass is 10.1. The fourth-order valence-electron chi connectivity index (χ4n) is 2.05. The summed E-state index contributed by atoms with van der Waals surface area (Å²) >= 11 is 0. The SMILES string of the molecule is CCNC1(c2cc(CNS(C)(=O)=O)ccn2)CC1. The zero-order valence-corrected chi connectivity index (χ0v) is 11.5. The van der Waals surface area contributed by atoms with Crippen molar-refractivity contribution in [3.8, 4) is 0 Å². The molecule has 0 unspecified atom stereocenters. The molecule has 18 heavy (non-hydrogen) atoms. The van der Waals surface area contributed by atoms with E-state index in [0.717, 1.165) is 36.9 Å². The van der Waals surface area contributed by atoms with Gasteiger partial charge >= 0.3 is 0 Å². The summed E-state index contributed by atoms with van der Waals surface area (Å²) in [6.07, 6.45) is 5.09. The summed E-state index contributed by atoms with van der Waals surface area (Å²) in [6, 6.07) is 3.82. The monoisotopic (exact) mass is 269 g/mol. The van der Waals surface area contributed by atoms with Gasteiger partial charge in [0.05, 0.1) is 17.5 Å². The first-order chi connectivity index (χ1) is 8.45. The van der Waals surface area contributed by atoms with E-state index in [1.54, 1.807) is 6.20 Å². The van der Waals surface area contributed by atoms with E-state index >= 15 is 0 Å². The first-order valence-corrected chi connectivity index (χ1v) is 7.99. The Morgan fingerprint density at radius 3 is 2.72 bits per heavy atom. The zero-order valence-electron chi connectivity index (χ0n) is 10.7. The Hall–Kier alpha value is -0.980. The quantitative estimate of drug-likeness (QED) is 0.798. The van der Waals surface area contributed by atoms with E-state index in [1.165, 1.54) is 0 Å². The molecule has 0 aromatic carbocycles. The minimum Gasteiger partial charge on any atom is -0.306 e. The third-order valence-corrected chi connectivity index (χ3v) is 3.79. The van der Waals surface area contributed by atoms with Gasteiger partial charge < -0.3 is 5.32 Å². The van der Waals surface area contributed by atoms with Crippen LogP contribution < -0.4 is 10.0 Å². The van der Waals surface area contributed by atoms with E-state index in [4.69, 9.17) is 0 Å². The molecule has 0 spiro atoms. The van der Waals surface area contributed by atoms with Gasteiger partial charge in [-0.2, -0.15) is 0 Å². The maximum atomic E-state index is 11.1. The van der Waals surface area contributed by atoms with Crippen molar-refractivity contribution < 1.29 is 8.42 Å². The molecule has 1 aliphatic carbocycles. The van der Waals surface area contributed by atoms with Gasteiger partial charge in [0.25, 0.3) is 0 Å². The highest BCUT2D eigenvalue weighted by atomic mass is 32.2. The Kier molecular flexibility index (Phi) is 3.70. The van der Waals surface area contributed by atoms with Gasteiger partial charge in [0.15, 0.2) is 0 Å². The lowest BCUT2D eigenvalue weighted by Gasteiger charge is -2.16. The predicted octanol–water partition coefficient (Wildman–Crippen LogP) is 0.729. The van der Waals surface area contributed by atoms with Crippen LogP contribution in [0.2, 0.25) is 0 Å². The van der Waals surface area contributed by atoms with Gasteiger partial charge in [0.1, 0.15) is 0 Å². The molecule has 0 saturated heterocycles. The van der Waals surface area contributed by atoms with E-state index in [9.17, 15) is 8.42 Å². The summed E-state index contributed by atoms with van der Waals surface area (Å²) in [7, 11) is -3.15. The molecule has 0 bridgehead atoms. The van der Waals surface area contributed by atoms with Gasteiger partial charge in [-0.3, -0.25) is 4.98 Å². The van der Waals surface area contributed by atoms with Crippen LogP contribution in [0.3, 0.4) is 0 Å². The minimum atomic E-state index is -3.15. The van der Waals surface area contributed by atoms with Crippen LogP contribution in [0.4, 0.5) is 0 Å². The number of hydrogen-bond donors (Lipinski definition) is 2. The number of pyridine rings is 1. The van der Waals surface area contributed by atoms with Crippen molar-refractivity contribution >= 4 is 10.0 Å². The van der Waals surface area contributed by atoms with Crippen molar-refractivity contribution in [1.29, 1.82) is 0 Å². The van der Waals surface area contributed by atoms with Crippen molar-refractivity contribution in [1.82, 2.24) is 15.0 Å². The largest absolute Gasteiger partial charge is 0.306 e. The Labute approximate surface area is 108 Å². The minimum absolute atomic E-state index is 0.0237. The van der Waals surface area contributed by atoms with Crippen LogP contribution >= 0.6 is 0 Å². The lowest BCUT2D eigenvalue weighted by molar-refractivity contribution is 0.524. The number of hydrogen-bond acceptors (Lipinski definition) is 4. The second-order valence-electron chi connectivity index (χ2n) is 4.76. The van der Waals surface area contributed by atoms with Crippen molar-refractivity contribution in [2.24, 2.45) is 0 Å². The Morgan fingerprint density at radius 1 is 1.44 bits per heavy atom. The van der Waals surface area contributed by atoms with E-state index in [-0.39, 0.29) is 5.54 Å². The fraction of sp³-hybridized carbons (Fsp3) is 0.583. The van der Waals surface area contributed by atoms with Crippen molar-refractivity contribution in [3.63, 3.8) is 0 Å². The van der Waals surface area contributed by atoms with Crippen LogP contribution in [-0.2, 0) is 22.1 Å². The van der Waals surface area contributed by atoms with E-state index in [2.05, 4.69) is 21.9 Å². The molecule has 0 amide bonds. The Bertz CT molecular complexity index is 524. The number of nitrogens with zero attached hydrogens (tertiary/aromatic N) is 1. The molecule has 1 aliphatic rings. The number of sulfonamides is 1. The molecule has 1 aromatic heterocycles. The Morgan fingerprint density at radius 2 is 2.17 bits per heavy atom. The maximum absolute atomic E-state index is 11.1. The highest BCUT2D eigenvalue weighted by molar-refractivity contribution is 7.88. The summed E-state index contributed by atoms with van der Waals surface area (Å²) in [5.74, 6) is 0. The second-order valence-corrected chi connectivity index (χ2v) is 6.59. The molecule has 0 atom stereocenters. The molecule has 1 saturated carbocycles. The third-order valence-electron chi connectivity index (χ3n) is 3.12. The lowest BCUT2D eigenvalue weighted by Crippen LogP contribution is -2.29. The van der Waals surface area contributed by atoms with Gasteiger partial charge in [-0.15, -0.1) is 0 Å². The average molecular weight is 269 g/mol. The molecule has 0 aliphatic heterocycles. The van der Waals surface area contributed by atoms with Gasteiger partial charge in [-0.1, -0.05) is 6.92 Å². The first kappa shape index (κ1) is 13.5. The summed E-state index contributed by atoms with van der Waals surface area (Å²) < 4.78 is 24.6. The highest BCUT2D eigenvalue weighted by Gasteiger charge is 2.44. The van der Waals surface area contributed by atoms with Gasteiger partial charge in [-0.25, -0.2) is 13.1 Å². The summed E-state index contributed by atoms with van der Waals surface area (Å²) in [4.78, 5) is 4.40. The van der Waals surface area contributed by atoms with Crippen LogP contribution in [0, 0.1) is 0 Å². The number of nitrogens with one attached hydrogen (secondary N) is 2. The zero-order chi connectivity index (χ0) is 13.2. The smallest absolute Gasteiger partial charge is 0.209 e. The molecule has 1 fully saturated rings. The highest BCUT2D eigenvalue weighted by Crippen LogP contribution is 2.44. The average Bonchev–Trinajstić information content (AvgIpc) is 3.08. The molecule has 6 heteroatoms. The maximum Gasteiger partial charge on any atom is 0.209 e. The summed E-state index contributed by atoms with van der Waals surface area (Å²) in [6.45, 7) is 3.30. The molecule has 1 aromatic rings. The molecule has 5 nitrogen and oxygen atoms in total. The van der Waals surface area contributed by atoms with Crippen molar-refractivity contribution in [3.05, 3.63) is 29.6 Å². The fourth-order valence-corrected chi connectivity index (χ4v) is 2.48. The van der Waals surface area contributed by atoms with Crippen molar-refractivity contribution in [2.45, 2.75) is 31.8 Å². The standard InChI is InChI=1S/C12H19N3O2S/c1-3-14-12(5-6-12)11-8-10(4-7-13-11)9-15-18(2,16)17/h4,7-8,14-15H,3,5-6,9H2,1-2H3. The molecule has 2 N–H and O–H groups in total. The van der Waals surface area contributed by atoms with Crippen LogP contribution in [0.5, 0.6) is 0 Å². The normalized spacial score (nSPS) is 17.7. The van der Waals surface area contributed by atoms with E-state index in [0.29, 0.717) is 6.54 Å². The first-order valence-electron chi connectivity index (χ1n) is 6.10. The van der Waals surface area contributed by atoms with Crippen molar-refractivity contribution in [2.75, 3.05) is 12.8 Å². The van der Waals surface area contributed by atoms with E-state index in [1.807, 2.05) is 12.1 Å². The predicted molar refractivity (Wildman–Crippen MR) is 70.5 cm³/mol. The van der Waals surface area contributed by atoms with Gasteiger partial charge in [0.2, 0.25) is 10.0 Å². The van der Waals surface area contributed by atoms with Gasteiger partial charge in [-0.05, 0) is 37.1 Å². The third kappa shape index (κ3) is 3.28. The molecule has 0 radical (unpaired) electrons. The topological polar surface area (TPSA) is 71.1 Å². The van der Waals surface area contributed by atoms with Gasteiger partial charge in [0, 0.05) is 12.7 Å². The van der Waals surface area contributed by atoms with Crippen LogP contribution in [0.1, 0.15) is 31.0 Å². The molecule has 2 rings (SSSR count).